The number of urea groups is 1. The van der Waals surface area contributed by atoms with Crippen LogP contribution in [0.4, 0.5) is 4.79 Å². The van der Waals surface area contributed by atoms with Gasteiger partial charge in [-0.2, -0.15) is 28.6 Å². The van der Waals surface area contributed by atoms with Gasteiger partial charge >= 0.3 is 18.0 Å². The molecule has 10 amide bonds. The fourth-order valence-electron chi connectivity index (χ4n) is 6.23. The summed E-state index contributed by atoms with van der Waals surface area (Å²) in [6, 6.07) is -1.94. The highest BCUT2D eigenvalue weighted by molar-refractivity contribution is 8.76. The van der Waals surface area contributed by atoms with Crippen molar-refractivity contribution < 1.29 is 88.4 Å². The number of hydroxylamine groups is 4. The van der Waals surface area contributed by atoms with E-state index in [2.05, 4.69) is 41.6 Å². The van der Waals surface area contributed by atoms with Gasteiger partial charge in [0, 0.05) is 55.0 Å². The first-order valence-electron chi connectivity index (χ1n) is 19.2. The largest absolute Gasteiger partial charge is 0.355 e. The molecular weight excluding hydrogens is 961 g/mol. The Morgan fingerprint density at radius 2 is 1.23 bits per heavy atom. The van der Waals surface area contributed by atoms with Gasteiger partial charge in [-0.1, -0.05) is 28.0 Å². The van der Waals surface area contributed by atoms with Gasteiger partial charge in [-0.15, -0.1) is 10.1 Å². The Bertz CT molecular complexity index is 2010. The average Bonchev–Trinajstić information content (AvgIpc) is 3.93. The maximum atomic E-state index is 13.1. The molecule has 0 aliphatic carbocycles. The Kier molecular flexibility index (Phi) is 19.0. The van der Waals surface area contributed by atoms with Crippen LogP contribution in [0.25, 0.3) is 0 Å². The molecule has 0 bridgehead atoms. The molecule has 0 aromatic heterocycles. The molecule has 4 fully saturated rings. The molecule has 0 saturated carbocycles. The summed E-state index contributed by atoms with van der Waals surface area (Å²) in [4.78, 5) is 145. The Balaban J connectivity index is 1.18. The molecule has 4 aliphatic heterocycles. The van der Waals surface area contributed by atoms with Gasteiger partial charge in [0.05, 0.1) is 37.8 Å². The highest BCUT2D eigenvalue weighted by Gasteiger charge is 2.49. The van der Waals surface area contributed by atoms with E-state index in [0.717, 1.165) is 18.6 Å². The maximum Gasteiger partial charge on any atom is 0.334 e. The number of carbonyl (C=O) groups excluding carboxylic acids is 11. The lowest BCUT2D eigenvalue weighted by atomic mass is 10.0. The van der Waals surface area contributed by atoms with E-state index in [0.29, 0.717) is 30.4 Å². The number of nitrogens with zero attached hydrogens (tertiary/aromatic N) is 2. The number of unbranched alkanes of at least 4 members (excludes halogenated alkanes) is 1. The van der Waals surface area contributed by atoms with E-state index >= 15 is 0 Å². The number of carbonyl (C=O) groups is 11. The van der Waals surface area contributed by atoms with Gasteiger partial charge in [-0.25, -0.2) is 14.4 Å². The number of fused-ring (bicyclic) bond motifs is 1. The standard InChI is InChI=1S/C32H44N8O19S5/c41-20(4-2-1-3-17-26-16(15-60-17)36-32(51)38-26)33-10-12-62-61-11-7-21(42)37-27(28(47)34-8-5-24(45)58-39-22(43)13-18(30(39)49)63(52,53)54)29(48)35-9-6-25(46)59-40-23(44)14-19(31(40)50)64(55,56)57/h16-19,26-27H,1-15H2,(H,33,41)(H,34,47)(H,35,48)(H,37,42)(H2,36,38,51)(H,52,53,54)(H,55,56,57)/t16-,17-,18?,19?,26+,27?/m0/s1. The van der Waals surface area contributed by atoms with Crippen molar-refractivity contribution in [2.24, 2.45) is 0 Å². The Labute approximate surface area is 376 Å². The highest BCUT2D eigenvalue weighted by atomic mass is 33.1. The van der Waals surface area contributed by atoms with E-state index in [9.17, 15) is 69.6 Å². The molecule has 27 nitrogen and oxygen atoms in total. The van der Waals surface area contributed by atoms with E-state index in [1.807, 2.05) is 0 Å². The summed E-state index contributed by atoms with van der Waals surface area (Å²) in [5.41, 5.74) is 0. The number of thioether (sulfide) groups is 1. The average molecular weight is 1010 g/mol. The van der Waals surface area contributed by atoms with E-state index in [-0.39, 0.29) is 46.3 Å². The minimum absolute atomic E-state index is 0.101. The second-order valence-corrected chi connectivity index (χ2v) is 21.3. The molecular formula is C32H44N8O19S5. The van der Waals surface area contributed by atoms with Crippen molar-refractivity contribution in [3.05, 3.63) is 0 Å². The van der Waals surface area contributed by atoms with Gasteiger partial charge in [-0.3, -0.25) is 47.5 Å². The first-order chi connectivity index (χ1) is 30.1. The van der Waals surface area contributed by atoms with Crippen LogP contribution in [0.5, 0.6) is 0 Å². The molecule has 4 rings (SSSR count). The van der Waals surface area contributed by atoms with Crippen molar-refractivity contribution in [2.45, 2.75) is 91.7 Å². The molecule has 8 N–H and O–H groups in total. The quantitative estimate of drug-likeness (QED) is 0.0108. The van der Waals surface area contributed by atoms with Crippen molar-refractivity contribution in [2.75, 3.05) is 36.9 Å². The van der Waals surface area contributed by atoms with Crippen LogP contribution in [0, 0.1) is 0 Å². The normalized spacial score (nSPS) is 22.3. The number of rotatable bonds is 25. The zero-order valence-corrected chi connectivity index (χ0v) is 37.4. The summed E-state index contributed by atoms with van der Waals surface area (Å²) in [5.74, 6) is -10.1. The molecule has 0 spiro atoms. The van der Waals surface area contributed by atoms with Gasteiger partial charge in [0.25, 0.3) is 55.7 Å². The molecule has 5 atom stereocenters. The van der Waals surface area contributed by atoms with Crippen molar-refractivity contribution in [1.82, 2.24) is 42.0 Å². The number of imide groups is 2. The molecule has 0 radical (unpaired) electrons. The van der Waals surface area contributed by atoms with Crippen LogP contribution in [0.2, 0.25) is 0 Å². The Morgan fingerprint density at radius 3 is 1.75 bits per heavy atom. The van der Waals surface area contributed by atoms with Gasteiger partial charge in [-0.05, 0) is 12.8 Å². The van der Waals surface area contributed by atoms with Crippen LogP contribution >= 0.6 is 33.3 Å². The zero-order valence-electron chi connectivity index (χ0n) is 33.3. The smallest absolute Gasteiger partial charge is 0.334 e. The Hall–Kier alpha value is -4.76. The molecule has 4 aliphatic rings. The number of hydrogen-bond acceptors (Lipinski definition) is 20. The summed E-state index contributed by atoms with van der Waals surface area (Å²) in [6.07, 6.45) is -1.04. The minimum Gasteiger partial charge on any atom is -0.355 e. The Morgan fingerprint density at radius 1 is 0.703 bits per heavy atom. The topological polar surface area (TPSA) is 394 Å². The molecule has 4 heterocycles. The minimum atomic E-state index is -5.00. The maximum absolute atomic E-state index is 13.1. The summed E-state index contributed by atoms with van der Waals surface area (Å²) in [5, 5.41) is 10.7. The fraction of sp³-hybridized carbons (Fsp3) is 0.656. The van der Waals surface area contributed by atoms with Crippen LogP contribution in [0.3, 0.4) is 0 Å². The predicted molar refractivity (Wildman–Crippen MR) is 219 cm³/mol. The van der Waals surface area contributed by atoms with Crippen LogP contribution in [0.1, 0.15) is 57.8 Å². The summed E-state index contributed by atoms with van der Waals surface area (Å²) < 4.78 is 63.5. The monoisotopic (exact) mass is 1000 g/mol. The molecule has 356 valence electrons. The molecule has 4 saturated heterocycles. The lowest BCUT2D eigenvalue weighted by Crippen LogP contribution is -2.55. The van der Waals surface area contributed by atoms with Gasteiger partial charge < -0.3 is 41.6 Å². The molecule has 0 aromatic rings. The van der Waals surface area contributed by atoms with Crippen LogP contribution in [-0.2, 0) is 77.9 Å². The van der Waals surface area contributed by atoms with Gasteiger partial charge in [0.15, 0.2) is 16.5 Å². The summed E-state index contributed by atoms with van der Waals surface area (Å²) >= 11 is 1.80. The zero-order chi connectivity index (χ0) is 47.4. The van der Waals surface area contributed by atoms with Crippen molar-refractivity contribution in [1.29, 1.82) is 0 Å². The lowest BCUT2D eigenvalue weighted by molar-refractivity contribution is -0.197. The van der Waals surface area contributed by atoms with Crippen LogP contribution in [0.15, 0.2) is 0 Å². The first kappa shape index (κ1) is 51.9. The first-order valence-corrected chi connectivity index (χ1v) is 25.7. The van der Waals surface area contributed by atoms with Gasteiger partial charge in [0.2, 0.25) is 11.8 Å². The summed E-state index contributed by atoms with van der Waals surface area (Å²) in [7, 11) is -7.42. The predicted octanol–water partition coefficient (Wildman–Crippen LogP) is -3.96. The van der Waals surface area contributed by atoms with Crippen molar-refractivity contribution in [3.8, 4) is 0 Å². The lowest BCUT2D eigenvalue weighted by Gasteiger charge is -2.19. The van der Waals surface area contributed by atoms with E-state index in [4.69, 9.17) is 9.11 Å². The molecule has 2 unspecified atom stereocenters. The van der Waals surface area contributed by atoms with E-state index in [1.54, 1.807) is 11.8 Å². The third kappa shape index (κ3) is 15.2. The van der Waals surface area contributed by atoms with Crippen LogP contribution < -0.4 is 31.9 Å². The number of hydrogen-bond donors (Lipinski definition) is 8. The summed E-state index contributed by atoms with van der Waals surface area (Å²) in [6.45, 7) is -0.920. The molecule has 0 aromatic carbocycles. The molecule has 64 heavy (non-hydrogen) atoms. The van der Waals surface area contributed by atoms with E-state index in [1.165, 1.54) is 21.6 Å². The fourth-order valence-corrected chi connectivity index (χ4v) is 11.1. The number of nitrogens with one attached hydrogen (secondary N) is 6. The van der Waals surface area contributed by atoms with Gasteiger partial charge in [0.1, 0.15) is 0 Å². The third-order valence-electron chi connectivity index (χ3n) is 9.40. The second-order valence-electron chi connectivity index (χ2n) is 14.1. The van der Waals surface area contributed by atoms with Crippen LogP contribution in [-0.4, -0.2) is 172 Å². The van der Waals surface area contributed by atoms with E-state index < -0.39 is 129 Å². The SMILES string of the molecule is O=C(CCCC[C@@H]1SC[C@@H]2NC(=O)N[C@H]21)NCCSSCCC(=O)NC(C(=O)NCCC(=O)ON1C(=O)CC(S(=O)(=O)O)C1=O)C(=O)NCCC(=O)ON1C(=O)CC(S(=O)(=O)O)C1=O. The second kappa shape index (κ2) is 23.4. The van der Waals surface area contributed by atoms with Crippen molar-refractivity contribution >= 4 is 119 Å². The number of amides is 10. The third-order valence-corrected chi connectivity index (χ3v) is 15.5. The highest BCUT2D eigenvalue weighted by Crippen LogP contribution is 2.33. The van der Waals surface area contributed by atoms with Crippen molar-refractivity contribution in [3.63, 3.8) is 0 Å². The molecule has 32 heteroatoms.